The Kier molecular flexibility index (Phi) is 5.33. The molecule has 1 fully saturated rings. The molecule has 0 bridgehead atoms. The van der Waals surface area contributed by atoms with Gasteiger partial charge in [0.05, 0.1) is 6.61 Å². The molecule has 4 heteroatoms. The number of ether oxygens (including phenoxy) is 1. The van der Waals surface area contributed by atoms with Gasteiger partial charge in [0.2, 0.25) is 0 Å². The normalized spacial score (nSPS) is 28.3. The molecule has 84 valence electrons. The van der Waals surface area contributed by atoms with Crippen molar-refractivity contribution in [3.63, 3.8) is 0 Å². The molecule has 1 aliphatic rings. The van der Waals surface area contributed by atoms with Crippen molar-refractivity contribution in [1.29, 1.82) is 0 Å². The Balaban J connectivity index is 2.30. The molecule has 0 spiro atoms. The van der Waals surface area contributed by atoms with Crippen molar-refractivity contribution in [2.75, 3.05) is 13.2 Å². The molecule has 0 aromatic heterocycles. The summed E-state index contributed by atoms with van der Waals surface area (Å²) >= 11 is 0. The molecule has 14 heavy (non-hydrogen) atoms. The molecule has 0 amide bonds. The third-order valence-corrected chi connectivity index (χ3v) is 3.04. The van der Waals surface area contributed by atoms with E-state index in [0.717, 1.165) is 25.7 Å². The Bertz CT molecular complexity index is 153. The van der Waals surface area contributed by atoms with Crippen LogP contribution in [0.25, 0.3) is 0 Å². The van der Waals surface area contributed by atoms with Gasteiger partial charge in [0, 0.05) is 0 Å². The maximum absolute atomic E-state index is 11.9. The van der Waals surface area contributed by atoms with E-state index in [2.05, 4.69) is 4.74 Å². The lowest BCUT2D eigenvalue weighted by Gasteiger charge is -2.30. The number of hydrogen-bond donors (Lipinski definition) is 1. The molecule has 2 nitrogen and oxygen atoms in total. The van der Waals surface area contributed by atoms with E-state index in [1.807, 2.05) is 0 Å². The standard InChI is InChI=1S/C10H19F2NO/c11-10(12)14-7-9-4-2-1-3-8(9)5-6-13/h8-10H,1-7,13H2. The molecule has 1 saturated carbocycles. The lowest BCUT2D eigenvalue weighted by Crippen LogP contribution is -2.26. The van der Waals surface area contributed by atoms with E-state index in [1.54, 1.807) is 0 Å². The van der Waals surface area contributed by atoms with Crippen LogP contribution in [-0.2, 0) is 4.74 Å². The van der Waals surface area contributed by atoms with Crippen LogP contribution < -0.4 is 5.73 Å². The van der Waals surface area contributed by atoms with E-state index >= 15 is 0 Å². The molecule has 2 N–H and O–H groups in total. The monoisotopic (exact) mass is 207 g/mol. The van der Waals surface area contributed by atoms with Gasteiger partial charge in [0.15, 0.2) is 0 Å². The maximum Gasteiger partial charge on any atom is 0.345 e. The van der Waals surface area contributed by atoms with Crippen LogP contribution in [0.4, 0.5) is 8.78 Å². The summed E-state index contributed by atoms with van der Waals surface area (Å²) in [6, 6.07) is 0. The van der Waals surface area contributed by atoms with Gasteiger partial charge >= 0.3 is 6.61 Å². The van der Waals surface area contributed by atoms with Gasteiger partial charge in [-0.1, -0.05) is 19.3 Å². The highest BCUT2D eigenvalue weighted by Gasteiger charge is 2.25. The average molecular weight is 207 g/mol. The fourth-order valence-corrected chi connectivity index (χ4v) is 2.29. The zero-order chi connectivity index (χ0) is 10.4. The minimum Gasteiger partial charge on any atom is -0.330 e. The largest absolute Gasteiger partial charge is 0.345 e. The average Bonchev–Trinajstić information content (AvgIpc) is 2.17. The Morgan fingerprint density at radius 2 is 1.86 bits per heavy atom. The van der Waals surface area contributed by atoms with Crippen LogP contribution in [-0.4, -0.2) is 19.8 Å². The highest BCUT2D eigenvalue weighted by Crippen LogP contribution is 2.32. The predicted molar refractivity (Wildman–Crippen MR) is 51.1 cm³/mol. The minimum atomic E-state index is -2.63. The number of nitrogens with two attached hydrogens (primary N) is 1. The van der Waals surface area contributed by atoms with E-state index in [-0.39, 0.29) is 6.61 Å². The molecule has 2 atom stereocenters. The topological polar surface area (TPSA) is 35.2 Å². The molecule has 1 aliphatic carbocycles. The smallest absolute Gasteiger partial charge is 0.330 e. The van der Waals surface area contributed by atoms with Crippen molar-refractivity contribution in [2.45, 2.75) is 38.7 Å². The van der Waals surface area contributed by atoms with E-state index in [1.165, 1.54) is 6.42 Å². The molecular formula is C10H19F2NO. The van der Waals surface area contributed by atoms with Gasteiger partial charge in [-0.15, -0.1) is 0 Å². The number of alkyl halides is 2. The van der Waals surface area contributed by atoms with Gasteiger partial charge in [-0.25, -0.2) is 0 Å². The minimum absolute atomic E-state index is 0.197. The van der Waals surface area contributed by atoms with Crippen LogP contribution in [0.1, 0.15) is 32.1 Å². The summed E-state index contributed by atoms with van der Waals surface area (Å²) in [5.41, 5.74) is 5.49. The molecule has 0 saturated heterocycles. The zero-order valence-corrected chi connectivity index (χ0v) is 8.42. The highest BCUT2D eigenvalue weighted by atomic mass is 19.3. The molecule has 0 aromatic rings. The van der Waals surface area contributed by atoms with E-state index in [0.29, 0.717) is 18.4 Å². The second kappa shape index (κ2) is 6.30. The number of halogens is 2. The van der Waals surface area contributed by atoms with Crippen LogP contribution in [0, 0.1) is 11.8 Å². The van der Waals surface area contributed by atoms with Gasteiger partial charge in [0.25, 0.3) is 0 Å². The van der Waals surface area contributed by atoms with Gasteiger partial charge in [0.1, 0.15) is 0 Å². The third kappa shape index (κ3) is 3.88. The van der Waals surface area contributed by atoms with Crippen LogP contribution in [0.3, 0.4) is 0 Å². The maximum atomic E-state index is 11.9. The van der Waals surface area contributed by atoms with Crippen molar-refractivity contribution >= 4 is 0 Å². The van der Waals surface area contributed by atoms with Gasteiger partial charge in [-0.3, -0.25) is 0 Å². The van der Waals surface area contributed by atoms with Gasteiger partial charge in [-0.2, -0.15) is 8.78 Å². The first-order chi connectivity index (χ1) is 6.74. The Labute approximate surface area is 83.8 Å². The Hall–Kier alpha value is -0.220. The van der Waals surface area contributed by atoms with E-state index < -0.39 is 6.61 Å². The van der Waals surface area contributed by atoms with Crippen LogP contribution in [0.2, 0.25) is 0 Å². The third-order valence-electron chi connectivity index (χ3n) is 3.04. The first-order valence-corrected chi connectivity index (χ1v) is 5.34. The molecule has 0 aromatic carbocycles. The first kappa shape index (κ1) is 11.9. The van der Waals surface area contributed by atoms with Crippen molar-refractivity contribution in [2.24, 2.45) is 17.6 Å². The summed E-state index contributed by atoms with van der Waals surface area (Å²) in [6.45, 7) is -1.78. The second-order valence-corrected chi connectivity index (χ2v) is 3.98. The Morgan fingerprint density at radius 1 is 1.21 bits per heavy atom. The molecule has 2 unspecified atom stereocenters. The van der Waals surface area contributed by atoms with Crippen LogP contribution >= 0.6 is 0 Å². The fourth-order valence-electron chi connectivity index (χ4n) is 2.29. The Morgan fingerprint density at radius 3 is 2.43 bits per heavy atom. The van der Waals surface area contributed by atoms with Crippen molar-refractivity contribution in [3.05, 3.63) is 0 Å². The fraction of sp³-hybridized carbons (Fsp3) is 1.00. The van der Waals surface area contributed by atoms with Crippen molar-refractivity contribution < 1.29 is 13.5 Å². The summed E-state index contributed by atoms with van der Waals surface area (Å²) in [5.74, 6) is 0.786. The summed E-state index contributed by atoms with van der Waals surface area (Å²) in [6.07, 6.45) is 5.41. The lowest BCUT2D eigenvalue weighted by atomic mass is 9.78. The summed E-state index contributed by atoms with van der Waals surface area (Å²) < 4.78 is 28.1. The molecule has 1 rings (SSSR count). The molecule has 0 radical (unpaired) electrons. The number of hydrogen-bond acceptors (Lipinski definition) is 2. The quantitative estimate of drug-likeness (QED) is 0.751. The summed E-state index contributed by atoms with van der Waals surface area (Å²) in [5, 5.41) is 0. The number of rotatable bonds is 5. The van der Waals surface area contributed by atoms with E-state index in [9.17, 15) is 8.78 Å². The van der Waals surface area contributed by atoms with Crippen molar-refractivity contribution in [3.8, 4) is 0 Å². The second-order valence-electron chi connectivity index (χ2n) is 3.98. The van der Waals surface area contributed by atoms with Gasteiger partial charge < -0.3 is 10.5 Å². The highest BCUT2D eigenvalue weighted by molar-refractivity contribution is 4.75. The molecule has 0 heterocycles. The van der Waals surface area contributed by atoms with E-state index in [4.69, 9.17) is 5.73 Å². The summed E-state index contributed by atoms with van der Waals surface area (Å²) in [7, 11) is 0. The van der Waals surface area contributed by atoms with Crippen LogP contribution in [0.5, 0.6) is 0 Å². The van der Waals surface area contributed by atoms with Crippen molar-refractivity contribution in [1.82, 2.24) is 0 Å². The zero-order valence-electron chi connectivity index (χ0n) is 8.42. The van der Waals surface area contributed by atoms with Gasteiger partial charge in [-0.05, 0) is 31.2 Å². The lowest BCUT2D eigenvalue weighted by molar-refractivity contribution is -0.144. The SMILES string of the molecule is NCCC1CCCCC1COC(F)F. The predicted octanol–water partition coefficient (Wildman–Crippen LogP) is 2.38. The molecular weight excluding hydrogens is 188 g/mol. The molecule has 0 aliphatic heterocycles. The summed E-state index contributed by atoms with van der Waals surface area (Å²) in [4.78, 5) is 0. The van der Waals surface area contributed by atoms with Crippen LogP contribution in [0.15, 0.2) is 0 Å². The first-order valence-electron chi connectivity index (χ1n) is 5.34.